The van der Waals surface area contributed by atoms with E-state index in [0.29, 0.717) is 6.04 Å². The zero-order valence-electron chi connectivity index (χ0n) is 7.77. The van der Waals surface area contributed by atoms with Crippen LogP contribution in [-0.2, 0) is 0 Å². The normalized spacial score (nSPS) is 28.4. The van der Waals surface area contributed by atoms with Gasteiger partial charge in [0.05, 0.1) is 0 Å². The van der Waals surface area contributed by atoms with Crippen molar-refractivity contribution < 1.29 is 0 Å². The maximum absolute atomic E-state index is 3.49. The molecule has 0 radical (unpaired) electrons. The summed E-state index contributed by atoms with van der Waals surface area (Å²) in [4.78, 5) is 2.56. The highest BCUT2D eigenvalue weighted by Gasteiger charge is 2.11. The van der Waals surface area contributed by atoms with Gasteiger partial charge in [0, 0.05) is 12.6 Å². The lowest BCUT2D eigenvalue weighted by Gasteiger charge is -2.21. The summed E-state index contributed by atoms with van der Waals surface area (Å²) in [6.07, 6.45) is 2.59. The number of hydrogen-bond acceptors (Lipinski definition) is 2. The summed E-state index contributed by atoms with van der Waals surface area (Å²) >= 11 is 0. The fourth-order valence-corrected chi connectivity index (χ4v) is 1.71. The van der Waals surface area contributed by atoms with Crippen LogP contribution in [0.5, 0.6) is 0 Å². The summed E-state index contributed by atoms with van der Waals surface area (Å²) in [5.74, 6) is 0. The van der Waals surface area contributed by atoms with Gasteiger partial charge in [-0.2, -0.15) is 0 Å². The maximum Gasteiger partial charge on any atom is 0.0166 e. The molecule has 1 rings (SSSR count). The van der Waals surface area contributed by atoms with E-state index >= 15 is 0 Å². The SMILES string of the molecule is CCCN1CCCN[C@@H](C)C1. The van der Waals surface area contributed by atoms with Gasteiger partial charge in [-0.1, -0.05) is 6.92 Å². The van der Waals surface area contributed by atoms with Crippen molar-refractivity contribution in [3.05, 3.63) is 0 Å². The Hall–Kier alpha value is -0.0800. The van der Waals surface area contributed by atoms with Crippen molar-refractivity contribution >= 4 is 0 Å². The smallest absolute Gasteiger partial charge is 0.0166 e. The maximum atomic E-state index is 3.49. The van der Waals surface area contributed by atoms with Gasteiger partial charge in [0.25, 0.3) is 0 Å². The molecule has 1 N–H and O–H groups in total. The van der Waals surface area contributed by atoms with Crippen LogP contribution in [0.25, 0.3) is 0 Å². The molecule has 0 saturated carbocycles. The number of nitrogens with one attached hydrogen (secondary N) is 1. The second-order valence-corrected chi connectivity index (χ2v) is 3.51. The van der Waals surface area contributed by atoms with E-state index in [0.717, 1.165) is 0 Å². The third-order valence-electron chi connectivity index (χ3n) is 2.22. The molecule has 1 saturated heterocycles. The minimum Gasteiger partial charge on any atom is -0.313 e. The average Bonchev–Trinajstić information content (AvgIpc) is 2.15. The molecule has 1 aliphatic heterocycles. The lowest BCUT2D eigenvalue weighted by Crippen LogP contribution is -2.35. The molecule has 2 nitrogen and oxygen atoms in total. The van der Waals surface area contributed by atoms with Crippen molar-refractivity contribution in [1.82, 2.24) is 10.2 Å². The number of nitrogens with zero attached hydrogens (tertiary/aromatic N) is 1. The third kappa shape index (κ3) is 3.21. The third-order valence-corrected chi connectivity index (χ3v) is 2.22. The van der Waals surface area contributed by atoms with Crippen molar-refractivity contribution in [3.63, 3.8) is 0 Å². The molecule has 66 valence electrons. The van der Waals surface area contributed by atoms with E-state index < -0.39 is 0 Å². The van der Waals surface area contributed by atoms with Crippen molar-refractivity contribution in [2.75, 3.05) is 26.2 Å². The molecule has 1 fully saturated rings. The van der Waals surface area contributed by atoms with Crippen LogP contribution in [0.1, 0.15) is 26.7 Å². The van der Waals surface area contributed by atoms with Gasteiger partial charge in [0.1, 0.15) is 0 Å². The van der Waals surface area contributed by atoms with Gasteiger partial charge in [0.15, 0.2) is 0 Å². The van der Waals surface area contributed by atoms with Crippen LogP contribution in [0.15, 0.2) is 0 Å². The van der Waals surface area contributed by atoms with E-state index in [-0.39, 0.29) is 0 Å². The predicted octanol–water partition coefficient (Wildman–Crippen LogP) is 1.08. The summed E-state index contributed by atoms with van der Waals surface area (Å²) in [7, 11) is 0. The molecule has 1 atom stereocenters. The fraction of sp³-hybridized carbons (Fsp3) is 1.00. The van der Waals surface area contributed by atoms with Gasteiger partial charge in [-0.3, -0.25) is 0 Å². The number of hydrogen-bond donors (Lipinski definition) is 1. The molecule has 0 spiro atoms. The summed E-state index contributed by atoms with van der Waals surface area (Å²) in [5, 5.41) is 3.49. The van der Waals surface area contributed by atoms with E-state index in [9.17, 15) is 0 Å². The lowest BCUT2D eigenvalue weighted by molar-refractivity contribution is 0.273. The summed E-state index contributed by atoms with van der Waals surface area (Å²) < 4.78 is 0. The quantitative estimate of drug-likeness (QED) is 0.643. The van der Waals surface area contributed by atoms with E-state index in [2.05, 4.69) is 24.1 Å². The van der Waals surface area contributed by atoms with E-state index in [1.807, 2.05) is 0 Å². The fourth-order valence-electron chi connectivity index (χ4n) is 1.71. The minimum atomic E-state index is 0.684. The lowest BCUT2D eigenvalue weighted by atomic mass is 10.3. The van der Waals surface area contributed by atoms with Gasteiger partial charge in [-0.15, -0.1) is 0 Å². The molecule has 0 unspecified atom stereocenters. The highest BCUT2D eigenvalue weighted by molar-refractivity contribution is 4.72. The van der Waals surface area contributed by atoms with Gasteiger partial charge in [-0.05, 0) is 39.4 Å². The first-order chi connectivity index (χ1) is 5.33. The molecular formula is C9H20N2. The highest BCUT2D eigenvalue weighted by Crippen LogP contribution is 2.00. The van der Waals surface area contributed by atoms with Crippen molar-refractivity contribution in [2.24, 2.45) is 0 Å². The molecule has 1 heterocycles. The van der Waals surface area contributed by atoms with E-state index in [1.54, 1.807) is 0 Å². The molecule has 0 aromatic rings. The van der Waals surface area contributed by atoms with Crippen molar-refractivity contribution in [2.45, 2.75) is 32.7 Å². The summed E-state index contributed by atoms with van der Waals surface area (Å²) in [6, 6.07) is 0.684. The van der Waals surface area contributed by atoms with Crippen molar-refractivity contribution in [3.8, 4) is 0 Å². The van der Waals surface area contributed by atoms with Crippen LogP contribution >= 0.6 is 0 Å². The largest absolute Gasteiger partial charge is 0.313 e. The van der Waals surface area contributed by atoms with Crippen LogP contribution in [0.3, 0.4) is 0 Å². The Bertz CT molecular complexity index is 104. The highest BCUT2D eigenvalue weighted by atomic mass is 15.2. The molecule has 0 aliphatic carbocycles. The molecule has 1 aliphatic rings. The second kappa shape index (κ2) is 4.73. The minimum absolute atomic E-state index is 0.684. The Labute approximate surface area is 70.0 Å². The molecule has 0 bridgehead atoms. The second-order valence-electron chi connectivity index (χ2n) is 3.51. The Balaban J connectivity index is 2.27. The van der Waals surface area contributed by atoms with E-state index in [1.165, 1.54) is 39.0 Å². The average molecular weight is 156 g/mol. The molecule has 0 aromatic heterocycles. The van der Waals surface area contributed by atoms with Crippen LogP contribution in [0.4, 0.5) is 0 Å². The first-order valence-corrected chi connectivity index (χ1v) is 4.78. The monoisotopic (exact) mass is 156 g/mol. The Morgan fingerprint density at radius 1 is 1.55 bits per heavy atom. The van der Waals surface area contributed by atoms with Crippen LogP contribution in [0.2, 0.25) is 0 Å². The molecular weight excluding hydrogens is 136 g/mol. The molecule has 11 heavy (non-hydrogen) atoms. The van der Waals surface area contributed by atoms with E-state index in [4.69, 9.17) is 0 Å². The zero-order chi connectivity index (χ0) is 8.10. The predicted molar refractivity (Wildman–Crippen MR) is 48.8 cm³/mol. The Morgan fingerprint density at radius 3 is 3.09 bits per heavy atom. The van der Waals surface area contributed by atoms with Crippen LogP contribution in [0, 0.1) is 0 Å². The Kier molecular flexibility index (Phi) is 3.87. The van der Waals surface area contributed by atoms with Gasteiger partial charge >= 0.3 is 0 Å². The van der Waals surface area contributed by atoms with Gasteiger partial charge in [0.2, 0.25) is 0 Å². The van der Waals surface area contributed by atoms with Crippen molar-refractivity contribution in [1.29, 1.82) is 0 Å². The zero-order valence-corrected chi connectivity index (χ0v) is 7.77. The topological polar surface area (TPSA) is 15.3 Å². The number of rotatable bonds is 2. The standard InChI is InChI=1S/C9H20N2/c1-3-6-11-7-4-5-10-9(2)8-11/h9-10H,3-8H2,1-2H3/t9-/m0/s1. The van der Waals surface area contributed by atoms with Crippen LogP contribution < -0.4 is 5.32 Å². The van der Waals surface area contributed by atoms with Crippen LogP contribution in [-0.4, -0.2) is 37.1 Å². The summed E-state index contributed by atoms with van der Waals surface area (Å²) in [5.41, 5.74) is 0. The molecule has 0 amide bonds. The first kappa shape index (κ1) is 9.01. The summed E-state index contributed by atoms with van der Waals surface area (Å²) in [6.45, 7) is 9.50. The van der Waals surface area contributed by atoms with Gasteiger partial charge < -0.3 is 10.2 Å². The molecule has 0 aromatic carbocycles. The Morgan fingerprint density at radius 2 is 2.36 bits per heavy atom. The van der Waals surface area contributed by atoms with Gasteiger partial charge in [-0.25, -0.2) is 0 Å². The molecule has 2 heteroatoms. The first-order valence-electron chi connectivity index (χ1n) is 4.78.